The first-order chi connectivity index (χ1) is 7.85. The van der Waals surface area contributed by atoms with E-state index in [1.165, 1.54) is 12.8 Å². The fourth-order valence-electron chi connectivity index (χ4n) is 1.76. The predicted octanol–water partition coefficient (Wildman–Crippen LogP) is 2.44. The van der Waals surface area contributed by atoms with Crippen molar-refractivity contribution in [3.8, 4) is 0 Å². The normalized spacial score (nSPS) is 15.1. The second kappa shape index (κ2) is 5.51. The Bertz CT molecular complexity index is 342. The second-order valence-electron chi connectivity index (χ2n) is 4.04. The van der Waals surface area contributed by atoms with Crippen LogP contribution < -0.4 is 4.90 Å². The molecule has 0 saturated heterocycles. The van der Waals surface area contributed by atoms with E-state index < -0.39 is 0 Å². The molecule has 16 heavy (non-hydrogen) atoms. The molecule has 1 aliphatic rings. The topological polar surface area (TPSA) is 25.4 Å². The minimum Gasteiger partial charge on any atom is -0.383 e. The molecule has 0 aromatic carbocycles. The number of ether oxygens (including phenoxy) is 1. The van der Waals surface area contributed by atoms with Gasteiger partial charge in [0.15, 0.2) is 0 Å². The van der Waals surface area contributed by atoms with Crippen LogP contribution in [0.25, 0.3) is 0 Å². The lowest BCUT2D eigenvalue weighted by Gasteiger charge is -2.23. The van der Waals surface area contributed by atoms with Crippen molar-refractivity contribution >= 4 is 17.4 Å². The van der Waals surface area contributed by atoms with Crippen LogP contribution in [-0.4, -0.2) is 31.3 Å². The largest absolute Gasteiger partial charge is 0.383 e. The lowest BCUT2D eigenvalue weighted by molar-refractivity contribution is 0.204. The van der Waals surface area contributed by atoms with Crippen molar-refractivity contribution in [1.82, 2.24) is 4.98 Å². The van der Waals surface area contributed by atoms with Gasteiger partial charge >= 0.3 is 0 Å². The van der Waals surface area contributed by atoms with Gasteiger partial charge in [0, 0.05) is 19.7 Å². The first-order valence-corrected chi connectivity index (χ1v) is 6.16. The monoisotopic (exact) mass is 240 g/mol. The van der Waals surface area contributed by atoms with E-state index in [0.717, 1.165) is 24.7 Å². The fraction of sp³-hybridized carbons (Fsp3) is 0.583. The van der Waals surface area contributed by atoms with Crippen LogP contribution >= 0.6 is 11.6 Å². The van der Waals surface area contributed by atoms with Gasteiger partial charge in [-0.1, -0.05) is 6.07 Å². The Kier molecular flexibility index (Phi) is 4.02. The molecule has 1 saturated carbocycles. The molecule has 2 rings (SSSR count). The average Bonchev–Trinajstić information content (AvgIpc) is 3.14. The molecule has 0 amide bonds. The van der Waals surface area contributed by atoms with E-state index in [9.17, 15) is 0 Å². The summed E-state index contributed by atoms with van der Waals surface area (Å²) in [5.41, 5.74) is 0.933. The number of aromatic nitrogens is 1. The number of hydrogen-bond donors (Lipinski definition) is 0. The van der Waals surface area contributed by atoms with Gasteiger partial charge in [0.25, 0.3) is 0 Å². The Morgan fingerprint density at radius 3 is 2.94 bits per heavy atom. The first kappa shape index (κ1) is 11.7. The molecular weight excluding hydrogens is 224 g/mol. The molecule has 0 radical (unpaired) electrons. The van der Waals surface area contributed by atoms with Crippen molar-refractivity contribution in [2.24, 2.45) is 0 Å². The van der Waals surface area contributed by atoms with Gasteiger partial charge in [0.2, 0.25) is 0 Å². The zero-order chi connectivity index (χ0) is 11.4. The second-order valence-corrected chi connectivity index (χ2v) is 4.31. The van der Waals surface area contributed by atoms with Crippen LogP contribution in [-0.2, 0) is 10.6 Å². The van der Waals surface area contributed by atoms with Crippen LogP contribution in [0, 0.1) is 0 Å². The fourth-order valence-corrected chi connectivity index (χ4v) is 1.91. The lowest BCUT2D eigenvalue weighted by atomic mass is 10.3. The highest BCUT2D eigenvalue weighted by molar-refractivity contribution is 6.16. The maximum atomic E-state index is 5.80. The summed E-state index contributed by atoms with van der Waals surface area (Å²) < 4.78 is 5.13. The molecule has 0 aliphatic heterocycles. The SMILES string of the molecule is COCCN(c1cccc(CCl)n1)C1CC1. The van der Waals surface area contributed by atoms with Crippen molar-refractivity contribution in [2.45, 2.75) is 24.8 Å². The number of nitrogens with zero attached hydrogens (tertiary/aromatic N) is 2. The van der Waals surface area contributed by atoms with Gasteiger partial charge in [-0.2, -0.15) is 0 Å². The number of rotatable bonds is 6. The summed E-state index contributed by atoms with van der Waals surface area (Å²) in [6.45, 7) is 1.64. The van der Waals surface area contributed by atoms with E-state index in [1.807, 2.05) is 18.2 Å². The average molecular weight is 241 g/mol. The van der Waals surface area contributed by atoms with E-state index >= 15 is 0 Å². The van der Waals surface area contributed by atoms with Crippen molar-refractivity contribution in [1.29, 1.82) is 0 Å². The summed E-state index contributed by atoms with van der Waals surface area (Å²) in [5, 5.41) is 0. The van der Waals surface area contributed by atoms with Gasteiger partial charge in [0.1, 0.15) is 5.82 Å². The van der Waals surface area contributed by atoms with Gasteiger partial charge in [-0.05, 0) is 25.0 Å². The van der Waals surface area contributed by atoms with Crippen molar-refractivity contribution in [3.05, 3.63) is 23.9 Å². The quantitative estimate of drug-likeness (QED) is 0.715. The zero-order valence-electron chi connectivity index (χ0n) is 9.53. The third kappa shape index (κ3) is 2.86. The molecule has 1 aliphatic carbocycles. The Morgan fingerprint density at radius 1 is 1.50 bits per heavy atom. The minimum atomic E-state index is 0.469. The highest BCUT2D eigenvalue weighted by atomic mass is 35.5. The van der Waals surface area contributed by atoms with E-state index in [0.29, 0.717) is 11.9 Å². The summed E-state index contributed by atoms with van der Waals surface area (Å²) in [7, 11) is 1.73. The number of anilines is 1. The van der Waals surface area contributed by atoms with Crippen LogP contribution in [0.2, 0.25) is 0 Å². The molecule has 1 heterocycles. The molecule has 1 fully saturated rings. The molecule has 0 bridgehead atoms. The number of alkyl halides is 1. The highest BCUT2D eigenvalue weighted by Gasteiger charge is 2.29. The molecule has 0 spiro atoms. The predicted molar refractivity (Wildman–Crippen MR) is 66.0 cm³/mol. The van der Waals surface area contributed by atoms with Crippen molar-refractivity contribution in [3.63, 3.8) is 0 Å². The Hall–Kier alpha value is -0.800. The van der Waals surface area contributed by atoms with E-state index in [-0.39, 0.29) is 0 Å². The van der Waals surface area contributed by atoms with E-state index in [2.05, 4.69) is 9.88 Å². The smallest absolute Gasteiger partial charge is 0.129 e. The molecule has 0 atom stereocenters. The Balaban J connectivity index is 2.10. The zero-order valence-corrected chi connectivity index (χ0v) is 10.3. The molecular formula is C12H17ClN2O. The maximum Gasteiger partial charge on any atom is 0.129 e. The van der Waals surface area contributed by atoms with Gasteiger partial charge in [-0.15, -0.1) is 11.6 Å². The third-order valence-corrected chi connectivity index (χ3v) is 3.02. The summed E-state index contributed by atoms with van der Waals surface area (Å²) in [5.74, 6) is 1.49. The first-order valence-electron chi connectivity index (χ1n) is 5.62. The van der Waals surface area contributed by atoms with Crippen molar-refractivity contribution in [2.75, 3.05) is 25.2 Å². The minimum absolute atomic E-state index is 0.469. The molecule has 0 N–H and O–H groups in total. The van der Waals surface area contributed by atoms with Crippen LogP contribution in [0.15, 0.2) is 18.2 Å². The van der Waals surface area contributed by atoms with Crippen molar-refractivity contribution < 1.29 is 4.74 Å². The summed E-state index contributed by atoms with van der Waals surface area (Å²) >= 11 is 5.80. The maximum absolute atomic E-state index is 5.80. The standard InChI is InChI=1S/C12H17ClN2O/c1-16-8-7-15(11-5-6-11)12-4-2-3-10(9-13)14-12/h2-4,11H,5-9H2,1H3. The summed E-state index contributed by atoms with van der Waals surface area (Å²) in [6, 6.07) is 6.66. The number of halogens is 1. The van der Waals surface area contributed by atoms with Crippen LogP contribution in [0.5, 0.6) is 0 Å². The van der Waals surface area contributed by atoms with Gasteiger partial charge < -0.3 is 9.64 Å². The van der Waals surface area contributed by atoms with Gasteiger partial charge in [-0.25, -0.2) is 4.98 Å². The molecule has 1 aromatic heterocycles. The third-order valence-electron chi connectivity index (χ3n) is 2.75. The van der Waals surface area contributed by atoms with Gasteiger partial charge in [-0.3, -0.25) is 0 Å². The van der Waals surface area contributed by atoms with Crippen LogP contribution in [0.3, 0.4) is 0 Å². The highest BCUT2D eigenvalue weighted by Crippen LogP contribution is 2.30. The number of pyridine rings is 1. The number of methoxy groups -OCH3 is 1. The molecule has 0 unspecified atom stereocenters. The Labute approximate surface area is 101 Å². The van der Waals surface area contributed by atoms with E-state index in [1.54, 1.807) is 7.11 Å². The van der Waals surface area contributed by atoms with Crippen LogP contribution in [0.1, 0.15) is 18.5 Å². The number of hydrogen-bond acceptors (Lipinski definition) is 3. The molecule has 88 valence electrons. The summed E-state index contributed by atoms with van der Waals surface area (Å²) in [4.78, 5) is 6.86. The molecule has 4 heteroatoms. The molecule has 1 aromatic rings. The van der Waals surface area contributed by atoms with Crippen LogP contribution in [0.4, 0.5) is 5.82 Å². The van der Waals surface area contributed by atoms with Gasteiger partial charge in [0.05, 0.1) is 18.2 Å². The summed E-state index contributed by atoms with van der Waals surface area (Å²) in [6.07, 6.45) is 2.52. The Morgan fingerprint density at radius 2 is 2.31 bits per heavy atom. The molecule has 3 nitrogen and oxygen atoms in total. The van der Waals surface area contributed by atoms with E-state index in [4.69, 9.17) is 16.3 Å². The lowest BCUT2D eigenvalue weighted by Crippen LogP contribution is -2.30.